The van der Waals surface area contributed by atoms with Crippen LogP contribution in [0.1, 0.15) is 34.8 Å². The summed E-state index contributed by atoms with van der Waals surface area (Å²) in [5.41, 5.74) is 4.03. The Bertz CT molecular complexity index is 1010. The van der Waals surface area contributed by atoms with Crippen LogP contribution in [-0.4, -0.2) is 38.6 Å². The van der Waals surface area contributed by atoms with Crippen molar-refractivity contribution in [3.63, 3.8) is 0 Å². The molecule has 0 unspecified atom stereocenters. The van der Waals surface area contributed by atoms with Crippen LogP contribution >= 0.6 is 0 Å². The molecule has 0 aromatic heterocycles. The average molecular weight is 393 g/mol. The third-order valence-corrected chi connectivity index (χ3v) is 4.99. The number of carbonyl (C=O) groups is 2. The minimum Gasteiger partial charge on any atom is -0.454 e. The summed E-state index contributed by atoms with van der Waals surface area (Å²) in [7, 11) is 1.90. The SMILES string of the molecule is CNCCCN/C(=C1\C(=O)Nc2ccc(C(C)=O)cc21)c1ccc2c(c1)OCO2. The second-order valence-electron chi connectivity index (χ2n) is 6.97. The molecular weight excluding hydrogens is 370 g/mol. The molecule has 29 heavy (non-hydrogen) atoms. The number of hydrogen-bond donors (Lipinski definition) is 3. The maximum atomic E-state index is 12.9. The van der Waals surface area contributed by atoms with Gasteiger partial charge in [0.1, 0.15) is 0 Å². The van der Waals surface area contributed by atoms with Gasteiger partial charge in [0.25, 0.3) is 5.91 Å². The van der Waals surface area contributed by atoms with Crippen molar-refractivity contribution < 1.29 is 19.1 Å². The monoisotopic (exact) mass is 393 g/mol. The molecule has 0 saturated heterocycles. The Morgan fingerprint density at radius 3 is 2.66 bits per heavy atom. The molecule has 2 aromatic carbocycles. The normalized spacial score (nSPS) is 15.7. The Balaban J connectivity index is 1.82. The fourth-order valence-corrected chi connectivity index (χ4v) is 3.50. The number of carbonyl (C=O) groups excluding carboxylic acids is 2. The number of benzene rings is 2. The first-order valence-corrected chi connectivity index (χ1v) is 9.58. The number of fused-ring (bicyclic) bond motifs is 2. The number of amides is 1. The van der Waals surface area contributed by atoms with Gasteiger partial charge >= 0.3 is 0 Å². The standard InChI is InChI=1S/C22H23N3O4/c1-13(26)14-4-6-17-16(10-14)20(22(27)25-17)21(24-9-3-8-23-2)15-5-7-18-19(11-15)29-12-28-18/h4-7,10-11,23-24H,3,8-9,12H2,1-2H3,(H,25,27)/b21-20-. The highest BCUT2D eigenvalue weighted by Crippen LogP contribution is 2.39. The molecule has 2 heterocycles. The van der Waals surface area contributed by atoms with Crippen molar-refractivity contribution in [1.82, 2.24) is 10.6 Å². The zero-order valence-corrected chi connectivity index (χ0v) is 16.4. The van der Waals surface area contributed by atoms with Gasteiger partial charge in [0.15, 0.2) is 17.3 Å². The molecule has 7 nitrogen and oxygen atoms in total. The summed E-state index contributed by atoms with van der Waals surface area (Å²) in [5.74, 6) is 1.09. The number of ether oxygens (including phenoxy) is 2. The van der Waals surface area contributed by atoms with Crippen molar-refractivity contribution in [3.8, 4) is 11.5 Å². The number of anilines is 1. The van der Waals surface area contributed by atoms with Gasteiger partial charge in [-0.15, -0.1) is 0 Å². The topological polar surface area (TPSA) is 88.7 Å². The first kappa shape index (κ1) is 19.0. The molecule has 0 radical (unpaired) electrons. The largest absolute Gasteiger partial charge is 0.454 e. The lowest BCUT2D eigenvalue weighted by molar-refractivity contribution is -0.110. The minimum atomic E-state index is -0.200. The van der Waals surface area contributed by atoms with E-state index in [1.54, 1.807) is 18.2 Å². The van der Waals surface area contributed by atoms with Crippen molar-refractivity contribution in [3.05, 3.63) is 53.1 Å². The summed E-state index contributed by atoms with van der Waals surface area (Å²) < 4.78 is 10.9. The van der Waals surface area contributed by atoms with Crippen LogP contribution in [0, 0.1) is 0 Å². The van der Waals surface area contributed by atoms with Gasteiger partial charge in [-0.25, -0.2) is 0 Å². The van der Waals surface area contributed by atoms with E-state index in [0.717, 1.165) is 24.1 Å². The maximum Gasteiger partial charge on any atom is 0.258 e. The Hall–Kier alpha value is -3.32. The number of rotatable bonds is 7. The quantitative estimate of drug-likeness (QED) is 0.381. The average Bonchev–Trinajstić information content (AvgIpc) is 3.30. The zero-order chi connectivity index (χ0) is 20.4. The molecule has 150 valence electrons. The van der Waals surface area contributed by atoms with Gasteiger partial charge in [0, 0.05) is 28.9 Å². The van der Waals surface area contributed by atoms with Crippen molar-refractivity contribution in [2.24, 2.45) is 0 Å². The minimum absolute atomic E-state index is 0.0434. The summed E-state index contributed by atoms with van der Waals surface area (Å²) >= 11 is 0. The first-order chi connectivity index (χ1) is 14.1. The molecular formula is C22H23N3O4. The van der Waals surface area contributed by atoms with Gasteiger partial charge in [0.2, 0.25) is 6.79 Å². The maximum absolute atomic E-state index is 12.9. The highest BCUT2D eigenvalue weighted by atomic mass is 16.7. The number of nitrogens with one attached hydrogen (secondary N) is 3. The number of ketones is 1. The lowest BCUT2D eigenvalue weighted by atomic mass is 9.97. The van der Waals surface area contributed by atoms with E-state index in [9.17, 15) is 9.59 Å². The van der Waals surface area contributed by atoms with E-state index >= 15 is 0 Å². The first-order valence-electron chi connectivity index (χ1n) is 9.58. The van der Waals surface area contributed by atoms with Gasteiger partial charge in [-0.2, -0.15) is 0 Å². The van der Waals surface area contributed by atoms with Crippen molar-refractivity contribution in [2.75, 3.05) is 32.2 Å². The Labute approximate surface area is 169 Å². The molecule has 2 aliphatic heterocycles. The number of hydrogen-bond acceptors (Lipinski definition) is 6. The van der Waals surface area contributed by atoms with Crippen LogP contribution in [0.2, 0.25) is 0 Å². The smallest absolute Gasteiger partial charge is 0.258 e. The molecule has 0 saturated carbocycles. The van der Waals surface area contributed by atoms with Gasteiger partial charge in [-0.1, -0.05) is 0 Å². The molecule has 2 aliphatic rings. The fourth-order valence-electron chi connectivity index (χ4n) is 3.50. The van der Waals surface area contributed by atoms with Crippen LogP contribution in [0.4, 0.5) is 5.69 Å². The summed E-state index contributed by atoms with van der Waals surface area (Å²) in [5, 5.41) is 9.44. The van der Waals surface area contributed by atoms with Crippen molar-refractivity contribution in [2.45, 2.75) is 13.3 Å². The molecule has 0 spiro atoms. The zero-order valence-electron chi connectivity index (χ0n) is 16.4. The Morgan fingerprint density at radius 1 is 1.07 bits per heavy atom. The third-order valence-electron chi connectivity index (χ3n) is 4.99. The van der Waals surface area contributed by atoms with Gasteiger partial charge < -0.3 is 25.4 Å². The van der Waals surface area contributed by atoms with Crippen LogP contribution in [0.15, 0.2) is 36.4 Å². The van der Waals surface area contributed by atoms with E-state index in [0.29, 0.717) is 40.6 Å². The predicted octanol–water partition coefficient (Wildman–Crippen LogP) is 2.64. The Morgan fingerprint density at radius 2 is 1.86 bits per heavy atom. The van der Waals surface area contributed by atoms with E-state index in [1.807, 2.05) is 25.2 Å². The van der Waals surface area contributed by atoms with E-state index in [1.165, 1.54) is 6.92 Å². The fraction of sp³-hybridized carbons (Fsp3) is 0.273. The van der Waals surface area contributed by atoms with Crippen LogP contribution in [0.5, 0.6) is 11.5 Å². The van der Waals surface area contributed by atoms with Gasteiger partial charge in [-0.05, 0) is 63.3 Å². The summed E-state index contributed by atoms with van der Waals surface area (Å²) in [6.07, 6.45) is 0.889. The lowest BCUT2D eigenvalue weighted by Gasteiger charge is -2.15. The van der Waals surface area contributed by atoms with Crippen LogP contribution < -0.4 is 25.4 Å². The molecule has 0 atom stereocenters. The predicted molar refractivity (Wildman–Crippen MR) is 111 cm³/mol. The van der Waals surface area contributed by atoms with Crippen LogP contribution in [0.3, 0.4) is 0 Å². The van der Waals surface area contributed by atoms with Crippen molar-refractivity contribution in [1.29, 1.82) is 0 Å². The molecule has 4 rings (SSSR count). The molecule has 0 aliphatic carbocycles. The molecule has 0 bridgehead atoms. The molecule has 2 aromatic rings. The Kier molecular flexibility index (Phi) is 5.22. The summed E-state index contributed by atoms with van der Waals surface area (Å²) in [6.45, 7) is 3.24. The van der Waals surface area contributed by atoms with Gasteiger partial charge in [0.05, 0.1) is 11.3 Å². The lowest BCUT2D eigenvalue weighted by Crippen LogP contribution is -2.21. The highest BCUT2D eigenvalue weighted by Gasteiger charge is 2.29. The van der Waals surface area contributed by atoms with Crippen LogP contribution in [0.25, 0.3) is 11.3 Å². The second kappa shape index (κ2) is 7.97. The number of Topliss-reactive ketones (excluding diaryl/α,β-unsaturated/α-hetero) is 1. The second-order valence-corrected chi connectivity index (χ2v) is 6.97. The molecule has 7 heteroatoms. The van der Waals surface area contributed by atoms with Crippen LogP contribution in [-0.2, 0) is 4.79 Å². The third kappa shape index (κ3) is 3.69. The summed E-state index contributed by atoms with van der Waals surface area (Å²) in [4.78, 5) is 24.8. The van der Waals surface area contributed by atoms with E-state index in [4.69, 9.17) is 9.47 Å². The summed E-state index contributed by atoms with van der Waals surface area (Å²) in [6, 6.07) is 10.9. The van der Waals surface area contributed by atoms with E-state index < -0.39 is 0 Å². The molecule has 3 N–H and O–H groups in total. The molecule has 1 amide bonds. The van der Waals surface area contributed by atoms with Crippen molar-refractivity contribution >= 4 is 28.6 Å². The van der Waals surface area contributed by atoms with E-state index in [2.05, 4.69) is 16.0 Å². The van der Waals surface area contributed by atoms with E-state index in [-0.39, 0.29) is 18.5 Å². The highest BCUT2D eigenvalue weighted by molar-refractivity contribution is 6.36. The molecule has 0 fully saturated rings. The van der Waals surface area contributed by atoms with Gasteiger partial charge in [-0.3, -0.25) is 9.59 Å².